The van der Waals surface area contributed by atoms with E-state index < -0.39 is 43.3 Å². The summed E-state index contributed by atoms with van der Waals surface area (Å²) in [6.07, 6.45) is 4.73. The Hall–Kier alpha value is -3.83. The number of pyridine rings is 1. The van der Waals surface area contributed by atoms with Gasteiger partial charge >= 0.3 is 0 Å². The molecule has 1 saturated heterocycles. The molecule has 1 aliphatic heterocycles. The van der Waals surface area contributed by atoms with Gasteiger partial charge in [-0.05, 0) is 47.9 Å². The van der Waals surface area contributed by atoms with E-state index in [0.29, 0.717) is 21.5 Å². The first-order valence-electron chi connectivity index (χ1n) is 10.9. The highest BCUT2D eigenvalue weighted by Crippen LogP contribution is 2.30. The van der Waals surface area contributed by atoms with E-state index in [4.69, 9.17) is 11.6 Å². The van der Waals surface area contributed by atoms with Crippen LogP contribution in [0.4, 0.5) is 8.78 Å². The molecule has 0 saturated carbocycles. The number of halogens is 3. The van der Waals surface area contributed by atoms with Crippen molar-refractivity contribution in [2.75, 3.05) is 13.1 Å². The summed E-state index contributed by atoms with van der Waals surface area (Å²) >= 11 is 5.92. The van der Waals surface area contributed by atoms with E-state index in [0.717, 1.165) is 16.0 Å². The lowest BCUT2D eigenvalue weighted by molar-refractivity contribution is -0.143. The van der Waals surface area contributed by atoms with Crippen LogP contribution in [0, 0.1) is 11.3 Å². The van der Waals surface area contributed by atoms with Gasteiger partial charge in [0.1, 0.15) is 6.04 Å². The molecule has 4 rings (SSSR count). The summed E-state index contributed by atoms with van der Waals surface area (Å²) < 4.78 is 27.6. The molecule has 2 amide bonds. The zero-order chi connectivity index (χ0) is 25.0. The number of nitrogens with one attached hydrogen (secondary N) is 1. The lowest BCUT2D eigenvalue weighted by Crippen LogP contribution is -2.53. The number of nitriles is 1. The highest BCUT2D eigenvalue weighted by Gasteiger charge is 2.42. The van der Waals surface area contributed by atoms with Gasteiger partial charge in [-0.3, -0.25) is 14.6 Å². The molecular weight excluding hydrogens is 474 g/mol. The van der Waals surface area contributed by atoms with Crippen LogP contribution in [-0.4, -0.2) is 46.8 Å². The standard InChI is InChI=1S/C26H21ClF2N4O2/c27-19-6-3-17(4-7-19)1-2-18-5-8-23-22(13-18)21(10-12-31-23)25(35)32-15-24(34)33-16-26(28,29)11-9-20(33)14-30/h1-8,10,12-13,20H,9,11,15-16H2,(H,32,35)/b2-1+/t20-/m0/s1. The summed E-state index contributed by atoms with van der Waals surface area (Å²) in [5.41, 5.74) is 2.67. The fraction of sp³-hybridized carbons (Fsp3) is 0.231. The molecule has 178 valence electrons. The van der Waals surface area contributed by atoms with Crippen LogP contribution in [0.25, 0.3) is 23.1 Å². The number of hydrogen-bond donors (Lipinski definition) is 1. The second-order valence-electron chi connectivity index (χ2n) is 8.26. The van der Waals surface area contributed by atoms with Crippen molar-refractivity contribution in [2.24, 2.45) is 0 Å². The first kappa shape index (κ1) is 24.3. The van der Waals surface area contributed by atoms with Crippen molar-refractivity contribution in [1.82, 2.24) is 15.2 Å². The summed E-state index contributed by atoms with van der Waals surface area (Å²) in [6.45, 7) is -1.32. The predicted molar refractivity (Wildman–Crippen MR) is 130 cm³/mol. The van der Waals surface area contributed by atoms with Gasteiger partial charge < -0.3 is 10.2 Å². The third kappa shape index (κ3) is 5.81. The molecule has 1 atom stereocenters. The third-order valence-corrected chi connectivity index (χ3v) is 6.03. The highest BCUT2D eigenvalue weighted by atomic mass is 35.5. The Morgan fingerprint density at radius 1 is 1.17 bits per heavy atom. The molecule has 0 radical (unpaired) electrons. The molecule has 35 heavy (non-hydrogen) atoms. The smallest absolute Gasteiger partial charge is 0.265 e. The minimum absolute atomic E-state index is 0.107. The van der Waals surface area contributed by atoms with E-state index in [1.54, 1.807) is 18.2 Å². The molecule has 0 unspecified atom stereocenters. The van der Waals surface area contributed by atoms with Crippen molar-refractivity contribution in [3.8, 4) is 6.07 Å². The SMILES string of the molecule is N#C[C@@H]1CCC(F)(F)CN1C(=O)CNC(=O)c1ccnc2ccc(/C=C/c3ccc(Cl)cc3)cc12. The van der Waals surface area contributed by atoms with Crippen molar-refractivity contribution in [2.45, 2.75) is 24.8 Å². The van der Waals surface area contributed by atoms with Crippen LogP contribution in [-0.2, 0) is 4.79 Å². The number of piperidine rings is 1. The Bertz CT molecular complexity index is 1340. The number of aromatic nitrogens is 1. The molecule has 0 spiro atoms. The van der Waals surface area contributed by atoms with Crippen molar-refractivity contribution in [3.63, 3.8) is 0 Å². The Morgan fingerprint density at radius 2 is 1.89 bits per heavy atom. The Kier molecular flexibility index (Phi) is 7.08. The number of nitrogens with zero attached hydrogens (tertiary/aromatic N) is 3. The van der Waals surface area contributed by atoms with Crippen LogP contribution in [0.3, 0.4) is 0 Å². The number of fused-ring (bicyclic) bond motifs is 1. The molecule has 0 bridgehead atoms. The molecule has 1 fully saturated rings. The van der Waals surface area contributed by atoms with Crippen molar-refractivity contribution >= 4 is 46.5 Å². The summed E-state index contributed by atoms with van der Waals surface area (Å²) in [7, 11) is 0. The van der Waals surface area contributed by atoms with Gasteiger partial charge in [-0.1, -0.05) is 42.0 Å². The van der Waals surface area contributed by atoms with Gasteiger partial charge in [0.2, 0.25) is 5.91 Å². The molecule has 1 N–H and O–H groups in total. The predicted octanol–water partition coefficient (Wildman–Crippen LogP) is 4.94. The second kappa shape index (κ2) is 10.2. The number of carbonyl (C=O) groups excluding carboxylic acids is 2. The quantitative estimate of drug-likeness (QED) is 0.509. The maximum atomic E-state index is 13.8. The molecule has 1 aliphatic rings. The molecule has 2 heterocycles. The van der Waals surface area contributed by atoms with E-state index in [-0.39, 0.29) is 6.42 Å². The maximum absolute atomic E-state index is 13.8. The lowest BCUT2D eigenvalue weighted by Gasteiger charge is -2.36. The number of benzene rings is 2. The van der Waals surface area contributed by atoms with E-state index >= 15 is 0 Å². The van der Waals surface area contributed by atoms with Crippen LogP contribution >= 0.6 is 11.6 Å². The van der Waals surface area contributed by atoms with Crippen LogP contribution in [0.15, 0.2) is 54.7 Å². The minimum atomic E-state index is -3.05. The molecule has 6 nitrogen and oxygen atoms in total. The zero-order valence-electron chi connectivity index (χ0n) is 18.5. The van der Waals surface area contributed by atoms with E-state index in [1.807, 2.05) is 42.5 Å². The summed E-state index contributed by atoms with van der Waals surface area (Å²) in [5, 5.41) is 12.9. The second-order valence-corrected chi connectivity index (χ2v) is 8.70. The van der Waals surface area contributed by atoms with Crippen LogP contribution in [0.5, 0.6) is 0 Å². The van der Waals surface area contributed by atoms with Crippen LogP contribution in [0.1, 0.15) is 34.3 Å². The normalized spacial score (nSPS) is 17.3. The Morgan fingerprint density at radius 3 is 2.63 bits per heavy atom. The largest absolute Gasteiger partial charge is 0.343 e. The number of rotatable bonds is 5. The van der Waals surface area contributed by atoms with Crippen molar-refractivity contribution in [1.29, 1.82) is 5.26 Å². The molecule has 9 heteroatoms. The van der Waals surface area contributed by atoms with Crippen LogP contribution < -0.4 is 5.32 Å². The fourth-order valence-corrected chi connectivity index (χ4v) is 4.05. The van der Waals surface area contributed by atoms with Gasteiger partial charge in [-0.25, -0.2) is 8.78 Å². The number of alkyl halides is 2. The first-order chi connectivity index (χ1) is 16.8. The van der Waals surface area contributed by atoms with Gasteiger partial charge in [0.15, 0.2) is 0 Å². The average molecular weight is 495 g/mol. The van der Waals surface area contributed by atoms with E-state index in [2.05, 4.69) is 10.3 Å². The lowest BCUT2D eigenvalue weighted by atomic mass is 10.00. The third-order valence-electron chi connectivity index (χ3n) is 5.78. The van der Waals surface area contributed by atoms with E-state index in [9.17, 15) is 23.6 Å². The van der Waals surface area contributed by atoms with Gasteiger partial charge in [-0.15, -0.1) is 0 Å². The van der Waals surface area contributed by atoms with Crippen molar-refractivity contribution in [3.05, 3.63) is 76.4 Å². The van der Waals surface area contributed by atoms with Crippen LogP contribution in [0.2, 0.25) is 5.02 Å². The topological polar surface area (TPSA) is 86.1 Å². The van der Waals surface area contributed by atoms with E-state index in [1.165, 1.54) is 12.3 Å². The fourth-order valence-electron chi connectivity index (χ4n) is 3.92. The number of carbonyl (C=O) groups is 2. The Labute approximate surface area is 205 Å². The molecule has 2 aromatic carbocycles. The monoisotopic (exact) mass is 494 g/mol. The van der Waals surface area contributed by atoms with Gasteiger partial charge in [-0.2, -0.15) is 5.26 Å². The summed E-state index contributed by atoms with van der Waals surface area (Å²) in [5.74, 6) is -4.32. The molecular formula is C26H21ClF2N4O2. The maximum Gasteiger partial charge on any atom is 0.265 e. The van der Waals surface area contributed by atoms with Gasteiger partial charge in [0.25, 0.3) is 11.8 Å². The molecule has 1 aromatic heterocycles. The highest BCUT2D eigenvalue weighted by molar-refractivity contribution is 6.30. The number of amides is 2. The average Bonchev–Trinajstić information content (AvgIpc) is 2.85. The van der Waals surface area contributed by atoms with Gasteiger partial charge in [0.05, 0.1) is 30.2 Å². The zero-order valence-corrected chi connectivity index (χ0v) is 19.3. The summed E-state index contributed by atoms with van der Waals surface area (Å²) in [4.78, 5) is 30.6. The number of likely N-dealkylation sites (tertiary alicyclic amines) is 1. The number of hydrogen-bond acceptors (Lipinski definition) is 4. The van der Waals surface area contributed by atoms with Crippen molar-refractivity contribution < 1.29 is 18.4 Å². The Balaban J connectivity index is 1.50. The minimum Gasteiger partial charge on any atom is -0.343 e. The summed E-state index contributed by atoms with van der Waals surface area (Å²) in [6, 6.07) is 15.3. The first-order valence-corrected chi connectivity index (χ1v) is 11.3. The molecule has 3 aromatic rings. The van der Waals surface area contributed by atoms with Gasteiger partial charge in [0, 0.05) is 23.0 Å². The molecule has 0 aliphatic carbocycles.